The Labute approximate surface area is 389 Å². The largest absolute Gasteiger partial charge is 0.563 e. The van der Waals surface area contributed by atoms with Gasteiger partial charge in [-0.15, -0.1) is 0 Å². The maximum absolute atomic E-state index is 9.08. The van der Waals surface area contributed by atoms with Gasteiger partial charge in [0.15, 0.2) is 0 Å². The molecule has 0 bridgehead atoms. The molecule has 1 aromatic rings. The van der Waals surface area contributed by atoms with Crippen molar-refractivity contribution in [3.63, 3.8) is 0 Å². The summed E-state index contributed by atoms with van der Waals surface area (Å²) in [7, 11) is 0. The smallest absolute Gasteiger partial charge is 0.115 e. The van der Waals surface area contributed by atoms with Crippen molar-refractivity contribution in [1.82, 2.24) is 0 Å². The van der Waals surface area contributed by atoms with E-state index in [4.69, 9.17) is 14.9 Å². The van der Waals surface area contributed by atoms with Gasteiger partial charge in [0.05, 0.1) is 0 Å². The number of rotatable bonds is 30. The van der Waals surface area contributed by atoms with Crippen LogP contribution in [0, 0.1) is 30.3 Å². The van der Waals surface area contributed by atoms with E-state index in [1.54, 1.807) is 12.2 Å². The van der Waals surface area contributed by atoms with Gasteiger partial charge in [-0.3, -0.25) is 0 Å². The van der Waals surface area contributed by atoms with Gasteiger partial charge >= 0.3 is 0 Å². The van der Waals surface area contributed by atoms with E-state index in [9.17, 15) is 0 Å². The third-order valence-corrected chi connectivity index (χ3v) is 11.3. The molecule has 4 atom stereocenters. The quantitative estimate of drug-likeness (QED) is 0.0350. The van der Waals surface area contributed by atoms with Gasteiger partial charge in [0.25, 0.3) is 0 Å². The molecule has 0 amide bonds. The van der Waals surface area contributed by atoms with Crippen LogP contribution in [-0.2, 0) is 38.1 Å². The number of hydrogen-bond acceptors (Lipinski definition) is 3. The van der Waals surface area contributed by atoms with Crippen molar-refractivity contribution in [1.29, 1.82) is 0 Å². The van der Waals surface area contributed by atoms with E-state index < -0.39 is 0 Å². The van der Waals surface area contributed by atoms with Crippen LogP contribution in [0.2, 0.25) is 0 Å². The fourth-order valence-corrected chi connectivity index (χ4v) is 8.02. The minimum Gasteiger partial charge on any atom is -0.563 e. The second kappa shape index (κ2) is 45.8. The third-order valence-electron chi connectivity index (χ3n) is 11.3. The second-order valence-corrected chi connectivity index (χ2v) is 17.7. The van der Waals surface area contributed by atoms with Crippen LogP contribution in [0.4, 0.5) is 0 Å². The molecule has 2 N–H and O–H groups in total. The molecule has 2 rings (SSSR count). The normalized spacial score (nSPS) is 17.0. The van der Waals surface area contributed by atoms with Crippen LogP contribution in [0.5, 0.6) is 5.75 Å². The van der Waals surface area contributed by atoms with E-state index >= 15 is 0 Å². The number of aliphatic hydroxyl groups is 2. The average Bonchev–Trinajstić information content (AvgIpc) is 3.21. The van der Waals surface area contributed by atoms with Crippen LogP contribution < -0.4 is 4.74 Å². The van der Waals surface area contributed by atoms with Crippen molar-refractivity contribution in [2.24, 2.45) is 23.7 Å². The van der Waals surface area contributed by atoms with Gasteiger partial charge in [-0.25, -0.2) is 0 Å². The molecule has 58 heavy (non-hydrogen) atoms. The van der Waals surface area contributed by atoms with Crippen molar-refractivity contribution >= 4 is 0 Å². The molecule has 1 radical (unpaired) electrons. The number of ether oxygens (including phenoxy) is 1. The summed E-state index contributed by atoms with van der Waals surface area (Å²) in [5.41, 5.74) is 1.44. The van der Waals surface area contributed by atoms with Crippen LogP contribution in [-0.4, -0.2) is 23.4 Å². The van der Waals surface area contributed by atoms with Gasteiger partial charge in [-0.1, -0.05) is 240 Å². The molecule has 337 valence electrons. The number of benzene rings is 1. The van der Waals surface area contributed by atoms with E-state index in [0.29, 0.717) is 6.61 Å². The Morgan fingerprint density at radius 1 is 0.569 bits per heavy atom. The third kappa shape index (κ3) is 36.0. The number of allylic oxidation sites excluding steroid dienone is 4. The fraction of sp³-hybridized carbons (Fsp3) is 0.759. The summed E-state index contributed by atoms with van der Waals surface area (Å²) in [6.45, 7) is 26.1. The first kappa shape index (κ1) is 61.6. The molecular weight excluding hydrogens is 785 g/mol. The van der Waals surface area contributed by atoms with Gasteiger partial charge < -0.3 is 14.9 Å². The summed E-state index contributed by atoms with van der Waals surface area (Å²) in [6.07, 6.45) is 44.9. The monoisotopic (exact) mass is 885 g/mol. The average molecular weight is 885 g/mol. The van der Waals surface area contributed by atoms with Crippen molar-refractivity contribution in [2.75, 3.05) is 13.2 Å². The Hall–Kier alpha value is -0.736. The molecule has 0 spiro atoms. The summed E-state index contributed by atoms with van der Waals surface area (Å²) in [5.74, 6) is 4.34. The Balaban J connectivity index is -0.00000113. The Bertz CT molecular complexity index is 991. The maximum atomic E-state index is 9.08. The zero-order chi connectivity index (χ0) is 42.8. The second-order valence-electron chi connectivity index (χ2n) is 17.7. The van der Waals surface area contributed by atoms with Crippen molar-refractivity contribution < 1.29 is 47.7 Å². The maximum Gasteiger partial charge on any atom is 0.115 e. The van der Waals surface area contributed by atoms with E-state index in [0.717, 1.165) is 42.4 Å². The number of hydrogen-bond donors (Lipinski definition) is 2. The van der Waals surface area contributed by atoms with Crippen molar-refractivity contribution in [3.8, 4) is 5.75 Å². The van der Waals surface area contributed by atoms with E-state index in [1.165, 1.54) is 166 Å². The van der Waals surface area contributed by atoms with Crippen LogP contribution in [0.3, 0.4) is 0 Å². The minimum atomic E-state index is 0. The molecular formula is C54H99O3Y-. The van der Waals surface area contributed by atoms with Crippen LogP contribution in [0.1, 0.15) is 228 Å². The minimum absolute atomic E-state index is 0. The first-order valence-corrected chi connectivity index (χ1v) is 24.4. The molecule has 0 fully saturated rings. The van der Waals surface area contributed by atoms with E-state index in [2.05, 4.69) is 80.7 Å². The molecule has 0 aromatic heterocycles. The molecule has 1 aliphatic carbocycles. The summed E-state index contributed by atoms with van der Waals surface area (Å²) in [5, 5.41) is 17.5. The zero-order valence-electron chi connectivity index (χ0n) is 40.1. The van der Waals surface area contributed by atoms with Crippen LogP contribution in [0.25, 0.3) is 0 Å². The molecule has 0 heterocycles. The SMILES string of the molecule is C=CC=C.CC(C)(C)c1ccc(OC[CH-]O)cc1.CCC.CCCCCCCCC1C(CCCCCC)C=CC(CCCCCCCO)C1CCCCCCCC.[Y]. The van der Waals surface area contributed by atoms with Crippen LogP contribution in [0.15, 0.2) is 61.7 Å². The molecule has 0 aliphatic heterocycles. The predicted octanol–water partition coefficient (Wildman–Crippen LogP) is 17.5. The molecule has 3 nitrogen and oxygen atoms in total. The Kier molecular flexibility index (Phi) is 48.6. The first-order chi connectivity index (χ1) is 27.6. The first-order valence-electron chi connectivity index (χ1n) is 24.4. The summed E-state index contributed by atoms with van der Waals surface area (Å²) in [6, 6.07) is 7.94. The van der Waals surface area contributed by atoms with Crippen LogP contribution >= 0.6 is 0 Å². The predicted molar refractivity (Wildman–Crippen MR) is 256 cm³/mol. The van der Waals surface area contributed by atoms with Gasteiger partial charge in [0, 0.05) is 39.3 Å². The molecule has 4 heteroatoms. The number of aliphatic hydroxyl groups excluding tert-OH is 2. The summed E-state index contributed by atoms with van der Waals surface area (Å²) < 4.78 is 5.22. The van der Waals surface area contributed by atoms with E-state index in [1.807, 2.05) is 24.3 Å². The summed E-state index contributed by atoms with van der Waals surface area (Å²) >= 11 is 0. The van der Waals surface area contributed by atoms with E-state index in [-0.39, 0.29) is 44.7 Å². The zero-order valence-corrected chi connectivity index (χ0v) is 42.9. The molecule has 1 aliphatic rings. The van der Waals surface area contributed by atoms with Gasteiger partial charge in [0.2, 0.25) is 0 Å². The van der Waals surface area contributed by atoms with Gasteiger partial charge in [-0.2, -0.15) is 6.61 Å². The van der Waals surface area contributed by atoms with Crippen molar-refractivity contribution in [2.45, 2.75) is 228 Å². The molecule has 0 saturated heterocycles. The van der Waals surface area contributed by atoms with Crippen molar-refractivity contribution in [3.05, 3.63) is 73.9 Å². The van der Waals surface area contributed by atoms with Gasteiger partial charge in [-0.05, 0) is 85.5 Å². The Morgan fingerprint density at radius 3 is 1.26 bits per heavy atom. The molecule has 1 aromatic carbocycles. The molecule has 0 saturated carbocycles. The molecule has 4 unspecified atom stereocenters. The fourth-order valence-electron chi connectivity index (χ4n) is 8.02. The Morgan fingerprint density at radius 2 is 0.914 bits per heavy atom. The number of unbranched alkanes of at least 4 members (excludes halogenated alkanes) is 17. The standard InChI is InChI=1S/C35H68O.C12H17O2.C4H6.C3H8.Y/c1-4-7-10-13-17-22-27-34-32(25-20-12-9-6-3)29-30-33(26-21-16-15-19-24-31-36)35(34)28-23-18-14-11-8-5-2;1-12(2,3)10-4-6-11(7-5-10)14-9-8-13;1-3-4-2;1-3-2;/h29-30,32-36H,4-28,31H2,1-3H3;4-8,13H,9H2,1-3H3;3-4H,1-2H2;3H2,1-2H3;/q;-1;;;. The summed E-state index contributed by atoms with van der Waals surface area (Å²) in [4.78, 5) is 0. The van der Waals surface area contributed by atoms with Gasteiger partial charge in [0.1, 0.15) is 5.75 Å². The topological polar surface area (TPSA) is 49.7 Å².